The molecule has 0 atom stereocenters. The van der Waals surface area contributed by atoms with Gasteiger partial charge in [0.15, 0.2) is 5.82 Å². The van der Waals surface area contributed by atoms with E-state index in [-0.39, 0.29) is 6.03 Å². The van der Waals surface area contributed by atoms with E-state index in [9.17, 15) is 4.79 Å². The number of rotatable bonds is 4. The van der Waals surface area contributed by atoms with E-state index in [1.54, 1.807) is 0 Å². The molecule has 2 amide bonds. The van der Waals surface area contributed by atoms with Gasteiger partial charge in [0.1, 0.15) is 0 Å². The molecular weight excluding hydrogens is 362 g/mol. The second-order valence-corrected chi connectivity index (χ2v) is 7.35. The Bertz CT molecular complexity index is 981. The van der Waals surface area contributed by atoms with Crippen LogP contribution in [0.4, 0.5) is 22.0 Å². The highest BCUT2D eigenvalue weighted by Crippen LogP contribution is 2.23. The van der Waals surface area contributed by atoms with Crippen LogP contribution in [0, 0.1) is 6.92 Å². The van der Waals surface area contributed by atoms with Gasteiger partial charge in [0, 0.05) is 30.0 Å². The number of carbonyl (C=O) groups excluding carboxylic acids is 1. The number of aryl methyl sites for hydroxylation is 1. The standard InChI is InChI=1S/C23H25N5O/c1-17-7-5-9-19(15-17)24-23(29)25-20-10-6-8-18(16-20)21-11-12-22(27-26-21)28-13-3-2-4-14-28/h5-12,15-16H,2-4,13-14H2,1H3,(H2,24,25,29). The van der Waals surface area contributed by atoms with E-state index in [0.717, 1.165) is 41.4 Å². The van der Waals surface area contributed by atoms with Crippen molar-refractivity contribution >= 4 is 23.2 Å². The van der Waals surface area contributed by atoms with E-state index in [1.165, 1.54) is 19.3 Å². The van der Waals surface area contributed by atoms with E-state index in [0.29, 0.717) is 5.69 Å². The third-order valence-electron chi connectivity index (χ3n) is 5.02. The van der Waals surface area contributed by atoms with Crippen molar-refractivity contribution in [3.8, 4) is 11.3 Å². The van der Waals surface area contributed by atoms with Gasteiger partial charge in [-0.25, -0.2) is 4.79 Å². The van der Waals surface area contributed by atoms with Crippen LogP contribution in [0.15, 0.2) is 60.7 Å². The third kappa shape index (κ3) is 4.90. The lowest BCUT2D eigenvalue weighted by Crippen LogP contribution is -2.30. The van der Waals surface area contributed by atoms with E-state index < -0.39 is 0 Å². The van der Waals surface area contributed by atoms with Crippen LogP contribution in [0.1, 0.15) is 24.8 Å². The maximum absolute atomic E-state index is 12.3. The van der Waals surface area contributed by atoms with E-state index in [1.807, 2.05) is 67.6 Å². The number of piperidine rings is 1. The molecule has 1 aliphatic rings. The van der Waals surface area contributed by atoms with Crippen molar-refractivity contribution in [2.45, 2.75) is 26.2 Å². The second kappa shape index (κ2) is 8.73. The van der Waals surface area contributed by atoms with Crippen molar-refractivity contribution in [1.29, 1.82) is 0 Å². The minimum atomic E-state index is -0.278. The van der Waals surface area contributed by atoms with Crippen LogP contribution < -0.4 is 15.5 Å². The smallest absolute Gasteiger partial charge is 0.323 e. The molecule has 148 valence electrons. The highest BCUT2D eigenvalue weighted by atomic mass is 16.2. The molecule has 2 N–H and O–H groups in total. The summed E-state index contributed by atoms with van der Waals surface area (Å²) < 4.78 is 0. The molecule has 29 heavy (non-hydrogen) atoms. The Morgan fingerprint density at radius 3 is 2.28 bits per heavy atom. The number of amides is 2. The number of hydrogen-bond acceptors (Lipinski definition) is 4. The quantitative estimate of drug-likeness (QED) is 0.654. The molecule has 1 aromatic heterocycles. The van der Waals surface area contributed by atoms with Crippen LogP contribution in [0.5, 0.6) is 0 Å². The molecule has 1 aliphatic heterocycles. The molecule has 0 unspecified atom stereocenters. The van der Waals surface area contributed by atoms with Crippen molar-refractivity contribution in [3.05, 3.63) is 66.2 Å². The number of anilines is 3. The van der Waals surface area contributed by atoms with Gasteiger partial charge < -0.3 is 15.5 Å². The number of benzene rings is 2. The molecule has 4 rings (SSSR count). The molecule has 2 aromatic carbocycles. The monoisotopic (exact) mass is 387 g/mol. The summed E-state index contributed by atoms with van der Waals surface area (Å²) >= 11 is 0. The van der Waals surface area contributed by atoms with Crippen molar-refractivity contribution in [2.24, 2.45) is 0 Å². The summed E-state index contributed by atoms with van der Waals surface area (Å²) in [6.45, 7) is 4.08. The molecule has 0 bridgehead atoms. The fourth-order valence-electron chi connectivity index (χ4n) is 3.54. The van der Waals surface area contributed by atoms with Crippen LogP contribution >= 0.6 is 0 Å². The van der Waals surface area contributed by atoms with Gasteiger partial charge in [-0.05, 0) is 68.1 Å². The van der Waals surface area contributed by atoms with E-state index in [2.05, 4.69) is 25.7 Å². The largest absolute Gasteiger partial charge is 0.355 e. The van der Waals surface area contributed by atoms with Crippen LogP contribution in [0.25, 0.3) is 11.3 Å². The van der Waals surface area contributed by atoms with Gasteiger partial charge in [0.2, 0.25) is 0 Å². The minimum absolute atomic E-state index is 0.278. The molecule has 0 saturated carbocycles. The maximum atomic E-state index is 12.3. The molecule has 0 aliphatic carbocycles. The molecule has 1 fully saturated rings. The molecule has 2 heterocycles. The summed E-state index contributed by atoms with van der Waals surface area (Å²) in [6, 6.07) is 19.1. The highest BCUT2D eigenvalue weighted by Gasteiger charge is 2.13. The molecule has 1 saturated heterocycles. The zero-order valence-corrected chi connectivity index (χ0v) is 16.6. The predicted molar refractivity (Wildman–Crippen MR) is 117 cm³/mol. The number of carbonyl (C=O) groups is 1. The highest BCUT2D eigenvalue weighted by molar-refractivity contribution is 6.00. The zero-order valence-electron chi connectivity index (χ0n) is 16.6. The van der Waals surface area contributed by atoms with Gasteiger partial charge in [0.25, 0.3) is 0 Å². The number of urea groups is 1. The predicted octanol–water partition coefficient (Wildman–Crippen LogP) is 5.09. The van der Waals surface area contributed by atoms with Gasteiger partial charge in [-0.15, -0.1) is 10.2 Å². The van der Waals surface area contributed by atoms with Gasteiger partial charge >= 0.3 is 6.03 Å². The Labute approximate surface area is 171 Å². The number of nitrogens with one attached hydrogen (secondary N) is 2. The molecule has 6 nitrogen and oxygen atoms in total. The summed E-state index contributed by atoms with van der Waals surface area (Å²) in [5.74, 6) is 0.931. The first-order valence-corrected chi connectivity index (χ1v) is 10.0. The molecule has 6 heteroatoms. The number of hydrogen-bond donors (Lipinski definition) is 2. The topological polar surface area (TPSA) is 70.2 Å². The Morgan fingerprint density at radius 2 is 1.59 bits per heavy atom. The zero-order chi connectivity index (χ0) is 20.1. The summed E-state index contributed by atoms with van der Waals surface area (Å²) in [7, 11) is 0. The lowest BCUT2D eigenvalue weighted by molar-refractivity contribution is 0.262. The molecule has 0 radical (unpaired) electrons. The number of aromatic nitrogens is 2. The Balaban J connectivity index is 1.43. The molecular formula is C23H25N5O. The summed E-state index contributed by atoms with van der Waals surface area (Å²) in [5.41, 5.74) is 4.26. The average molecular weight is 387 g/mol. The van der Waals surface area contributed by atoms with Crippen LogP contribution in [0.3, 0.4) is 0 Å². The summed E-state index contributed by atoms with van der Waals surface area (Å²) in [4.78, 5) is 14.6. The fourth-order valence-corrected chi connectivity index (χ4v) is 3.54. The normalized spacial score (nSPS) is 13.8. The van der Waals surface area contributed by atoms with Crippen molar-refractivity contribution in [1.82, 2.24) is 10.2 Å². The van der Waals surface area contributed by atoms with Gasteiger partial charge in [0.05, 0.1) is 5.69 Å². The molecule has 3 aromatic rings. The van der Waals surface area contributed by atoms with Crippen molar-refractivity contribution in [3.63, 3.8) is 0 Å². The summed E-state index contributed by atoms with van der Waals surface area (Å²) in [6.07, 6.45) is 3.71. The summed E-state index contributed by atoms with van der Waals surface area (Å²) in [5, 5.41) is 14.5. The molecule has 0 spiro atoms. The Kier molecular flexibility index (Phi) is 5.70. The first kappa shape index (κ1) is 18.9. The van der Waals surface area contributed by atoms with Gasteiger partial charge in [-0.2, -0.15) is 0 Å². The van der Waals surface area contributed by atoms with Crippen molar-refractivity contribution in [2.75, 3.05) is 28.6 Å². The number of nitrogens with zero attached hydrogens (tertiary/aromatic N) is 3. The SMILES string of the molecule is Cc1cccc(NC(=O)Nc2cccc(-c3ccc(N4CCCCC4)nn3)c2)c1. The minimum Gasteiger partial charge on any atom is -0.355 e. The fraction of sp³-hybridized carbons (Fsp3) is 0.261. The van der Waals surface area contributed by atoms with Gasteiger partial charge in [-0.3, -0.25) is 0 Å². The van der Waals surface area contributed by atoms with E-state index in [4.69, 9.17) is 0 Å². The lowest BCUT2D eigenvalue weighted by atomic mass is 10.1. The first-order valence-electron chi connectivity index (χ1n) is 10.0. The van der Waals surface area contributed by atoms with Crippen LogP contribution in [0.2, 0.25) is 0 Å². The second-order valence-electron chi connectivity index (χ2n) is 7.35. The Morgan fingerprint density at radius 1 is 0.862 bits per heavy atom. The third-order valence-corrected chi connectivity index (χ3v) is 5.02. The Hall–Kier alpha value is -3.41. The van der Waals surface area contributed by atoms with Crippen LogP contribution in [-0.4, -0.2) is 29.3 Å². The first-order chi connectivity index (χ1) is 14.2. The van der Waals surface area contributed by atoms with Crippen LogP contribution in [-0.2, 0) is 0 Å². The lowest BCUT2D eigenvalue weighted by Gasteiger charge is -2.27. The average Bonchev–Trinajstić information content (AvgIpc) is 2.75. The van der Waals surface area contributed by atoms with Gasteiger partial charge in [-0.1, -0.05) is 24.3 Å². The van der Waals surface area contributed by atoms with E-state index >= 15 is 0 Å². The van der Waals surface area contributed by atoms with Crippen molar-refractivity contribution < 1.29 is 4.79 Å². The maximum Gasteiger partial charge on any atom is 0.323 e.